The topological polar surface area (TPSA) is 69.2 Å². The van der Waals surface area contributed by atoms with Crippen molar-refractivity contribution in [2.24, 2.45) is 5.92 Å². The molecule has 0 aliphatic carbocycles. The van der Waals surface area contributed by atoms with Crippen molar-refractivity contribution in [1.82, 2.24) is 10.2 Å². The smallest absolute Gasteiger partial charge is 0.228 e. The minimum atomic E-state index is -0.0471. The van der Waals surface area contributed by atoms with Crippen LogP contribution in [0.15, 0.2) is 0 Å². The number of carbonyl (C=O) groups is 1. The van der Waals surface area contributed by atoms with Crippen LogP contribution in [0.25, 0.3) is 0 Å². The maximum absolute atomic E-state index is 12.1. The molecule has 5 nitrogen and oxygen atoms in total. The fourth-order valence-electron chi connectivity index (χ4n) is 2.23. The molecule has 0 aromatic carbocycles. The fourth-order valence-corrected chi connectivity index (χ4v) is 2.23. The zero-order valence-electron chi connectivity index (χ0n) is 10.4. The van der Waals surface area contributed by atoms with Crippen LogP contribution in [-0.2, 0) is 17.8 Å². The highest BCUT2D eigenvalue weighted by Crippen LogP contribution is 2.28. The van der Waals surface area contributed by atoms with Gasteiger partial charge in [-0.1, -0.05) is 13.8 Å². The Morgan fingerprint density at radius 3 is 3.00 bits per heavy atom. The third-order valence-corrected chi connectivity index (χ3v) is 3.04. The van der Waals surface area contributed by atoms with Gasteiger partial charge < -0.3 is 5.11 Å². The highest BCUT2D eigenvalue weighted by Gasteiger charge is 2.27. The van der Waals surface area contributed by atoms with Crippen LogP contribution in [0.5, 0.6) is 0 Å². The molecule has 0 spiro atoms. The van der Waals surface area contributed by atoms with Crippen molar-refractivity contribution in [2.75, 3.05) is 11.4 Å². The lowest BCUT2D eigenvalue weighted by Crippen LogP contribution is -2.36. The summed E-state index contributed by atoms with van der Waals surface area (Å²) in [6, 6.07) is 0. The zero-order valence-corrected chi connectivity index (χ0v) is 10.4. The molecule has 0 saturated heterocycles. The third-order valence-electron chi connectivity index (χ3n) is 3.04. The van der Waals surface area contributed by atoms with E-state index in [0.29, 0.717) is 18.2 Å². The number of aliphatic hydroxyl groups excluding tert-OH is 1. The molecule has 0 unspecified atom stereocenters. The molecule has 1 aromatic heterocycles. The molecule has 0 bridgehead atoms. The Labute approximate surface area is 101 Å². The van der Waals surface area contributed by atoms with Gasteiger partial charge in [0.15, 0.2) is 5.82 Å². The lowest BCUT2D eigenvalue weighted by atomic mass is 10.0. The molecule has 0 radical (unpaired) electrons. The largest absolute Gasteiger partial charge is 0.390 e. The molecular formula is C12H19N3O2. The van der Waals surface area contributed by atoms with Crippen LogP contribution >= 0.6 is 0 Å². The van der Waals surface area contributed by atoms with Gasteiger partial charge in [0.1, 0.15) is 0 Å². The van der Waals surface area contributed by atoms with Crippen LogP contribution in [0.1, 0.15) is 37.9 Å². The number of hydrogen-bond acceptors (Lipinski definition) is 3. The van der Waals surface area contributed by atoms with E-state index in [1.54, 1.807) is 4.90 Å². The summed E-state index contributed by atoms with van der Waals surface area (Å²) >= 11 is 0. The minimum absolute atomic E-state index is 0.0471. The van der Waals surface area contributed by atoms with Crippen LogP contribution < -0.4 is 4.90 Å². The maximum atomic E-state index is 12.1. The van der Waals surface area contributed by atoms with E-state index in [0.717, 1.165) is 30.6 Å². The Balaban J connectivity index is 2.23. The van der Waals surface area contributed by atoms with Gasteiger partial charge in [-0.25, -0.2) is 0 Å². The van der Waals surface area contributed by atoms with Crippen molar-refractivity contribution < 1.29 is 9.90 Å². The number of rotatable bonds is 3. The molecule has 1 amide bonds. The van der Waals surface area contributed by atoms with Crippen LogP contribution in [0.3, 0.4) is 0 Å². The zero-order chi connectivity index (χ0) is 12.4. The van der Waals surface area contributed by atoms with Gasteiger partial charge in [0.25, 0.3) is 0 Å². The number of amides is 1. The van der Waals surface area contributed by atoms with Gasteiger partial charge in [-0.15, -0.1) is 0 Å². The lowest BCUT2D eigenvalue weighted by molar-refractivity contribution is -0.119. The second-order valence-electron chi connectivity index (χ2n) is 4.91. The van der Waals surface area contributed by atoms with E-state index >= 15 is 0 Å². The Hall–Kier alpha value is -1.36. The van der Waals surface area contributed by atoms with E-state index in [9.17, 15) is 9.90 Å². The molecule has 1 aliphatic rings. The number of H-pyrrole nitrogens is 1. The quantitative estimate of drug-likeness (QED) is 0.830. The molecule has 2 rings (SSSR count). The second kappa shape index (κ2) is 4.87. The van der Waals surface area contributed by atoms with Gasteiger partial charge in [-0.2, -0.15) is 5.10 Å². The van der Waals surface area contributed by atoms with Gasteiger partial charge in [0.05, 0.1) is 12.3 Å². The van der Waals surface area contributed by atoms with Gasteiger partial charge in [-0.05, 0) is 18.8 Å². The number of aromatic nitrogens is 2. The average Bonchev–Trinajstić information content (AvgIpc) is 2.70. The summed E-state index contributed by atoms with van der Waals surface area (Å²) in [6.45, 7) is 4.75. The van der Waals surface area contributed by atoms with E-state index < -0.39 is 0 Å². The number of aromatic amines is 1. The number of fused-ring (bicyclic) bond motifs is 1. The molecule has 1 aliphatic heterocycles. The normalized spacial score (nSPS) is 15.2. The van der Waals surface area contributed by atoms with Gasteiger partial charge in [0, 0.05) is 18.5 Å². The average molecular weight is 237 g/mol. The minimum Gasteiger partial charge on any atom is -0.390 e. The number of aliphatic hydroxyl groups is 1. The molecule has 0 fully saturated rings. The molecule has 94 valence electrons. The van der Waals surface area contributed by atoms with Crippen molar-refractivity contribution in [3.8, 4) is 0 Å². The molecule has 0 saturated carbocycles. The van der Waals surface area contributed by atoms with Crippen molar-refractivity contribution >= 4 is 11.7 Å². The van der Waals surface area contributed by atoms with Gasteiger partial charge in [-0.3, -0.25) is 14.8 Å². The third kappa shape index (κ3) is 2.34. The predicted molar refractivity (Wildman–Crippen MR) is 64.6 cm³/mol. The monoisotopic (exact) mass is 237 g/mol. The first kappa shape index (κ1) is 12.1. The SMILES string of the molecule is CC(C)CC(=O)N1CCCc2c1n[nH]c2CO. The Kier molecular flexibility index (Phi) is 3.47. The Morgan fingerprint density at radius 2 is 2.35 bits per heavy atom. The second-order valence-corrected chi connectivity index (χ2v) is 4.91. The number of hydrogen-bond donors (Lipinski definition) is 2. The van der Waals surface area contributed by atoms with Crippen molar-refractivity contribution in [3.05, 3.63) is 11.3 Å². The van der Waals surface area contributed by atoms with E-state index in [-0.39, 0.29) is 12.5 Å². The van der Waals surface area contributed by atoms with E-state index in [1.165, 1.54) is 0 Å². The summed E-state index contributed by atoms with van der Waals surface area (Å²) in [5.74, 6) is 1.19. The fraction of sp³-hybridized carbons (Fsp3) is 0.667. The van der Waals surface area contributed by atoms with Gasteiger partial charge in [0.2, 0.25) is 5.91 Å². The first-order valence-electron chi connectivity index (χ1n) is 6.10. The molecule has 17 heavy (non-hydrogen) atoms. The van der Waals surface area contributed by atoms with Crippen molar-refractivity contribution in [2.45, 2.75) is 39.7 Å². The summed E-state index contributed by atoms with van der Waals surface area (Å²) < 4.78 is 0. The van der Waals surface area contributed by atoms with Crippen molar-refractivity contribution in [3.63, 3.8) is 0 Å². The summed E-state index contributed by atoms with van der Waals surface area (Å²) in [4.78, 5) is 13.8. The van der Waals surface area contributed by atoms with Crippen LogP contribution in [-0.4, -0.2) is 27.8 Å². The van der Waals surface area contributed by atoms with Crippen LogP contribution in [0.2, 0.25) is 0 Å². The molecule has 2 heterocycles. The molecule has 1 aromatic rings. The summed E-state index contributed by atoms with van der Waals surface area (Å²) in [6.07, 6.45) is 2.36. The molecule has 5 heteroatoms. The lowest BCUT2D eigenvalue weighted by Gasteiger charge is -2.26. The molecule has 2 N–H and O–H groups in total. The number of nitrogens with zero attached hydrogens (tertiary/aromatic N) is 2. The predicted octanol–water partition coefficient (Wildman–Crippen LogP) is 1.23. The number of carbonyl (C=O) groups excluding carboxylic acids is 1. The Morgan fingerprint density at radius 1 is 1.59 bits per heavy atom. The maximum Gasteiger partial charge on any atom is 0.228 e. The number of anilines is 1. The molecular weight excluding hydrogens is 218 g/mol. The van der Waals surface area contributed by atoms with E-state index in [4.69, 9.17) is 0 Å². The van der Waals surface area contributed by atoms with Gasteiger partial charge >= 0.3 is 0 Å². The first-order valence-corrected chi connectivity index (χ1v) is 6.10. The number of nitrogens with one attached hydrogen (secondary N) is 1. The highest BCUT2D eigenvalue weighted by atomic mass is 16.3. The first-order chi connectivity index (χ1) is 8.13. The molecule has 0 atom stereocenters. The standard InChI is InChI=1S/C12H19N3O2/c1-8(2)6-11(17)15-5-3-4-9-10(7-16)13-14-12(9)15/h8,16H,3-7H2,1-2H3,(H,13,14). The van der Waals surface area contributed by atoms with E-state index in [1.807, 2.05) is 13.8 Å². The van der Waals surface area contributed by atoms with E-state index in [2.05, 4.69) is 10.2 Å². The summed E-state index contributed by atoms with van der Waals surface area (Å²) in [5, 5.41) is 16.1. The van der Waals surface area contributed by atoms with Crippen molar-refractivity contribution in [1.29, 1.82) is 0 Å². The van der Waals surface area contributed by atoms with Crippen LogP contribution in [0.4, 0.5) is 5.82 Å². The highest BCUT2D eigenvalue weighted by molar-refractivity contribution is 5.93. The summed E-state index contributed by atoms with van der Waals surface area (Å²) in [7, 11) is 0. The Bertz CT molecular complexity index is 412. The van der Waals surface area contributed by atoms with Crippen LogP contribution in [0, 0.1) is 5.92 Å². The summed E-state index contributed by atoms with van der Waals surface area (Å²) in [5.41, 5.74) is 1.73.